The first-order valence-electron chi connectivity index (χ1n) is 11.7. The Balaban J connectivity index is 1.34. The van der Waals surface area contributed by atoms with Gasteiger partial charge in [0.15, 0.2) is 5.78 Å². The Kier molecular flexibility index (Phi) is 6.89. The lowest BCUT2D eigenvalue weighted by molar-refractivity contribution is 0.0901. The van der Waals surface area contributed by atoms with E-state index in [0.717, 1.165) is 22.4 Å². The summed E-state index contributed by atoms with van der Waals surface area (Å²) in [6.45, 7) is 8.53. The monoisotopic (exact) mass is 457 g/mol. The van der Waals surface area contributed by atoms with Crippen molar-refractivity contribution in [2.45, 2.75) is 58.2 Å². The van der Waals surface area contributed by atoms with Crippen molar-refractivity contribution in [1.82, 2.24) is 13.8 Å². The van der Waals surface area contributed by atoms with Gasteiger partial charge in [-0.25, -0.2) is 8.42 Å². The van der Waals surface area contributed by atoms with Crippen LogP contribution in [0.2, 0.25) is 0 Å². The number of hydrogen-bond acceptors (Lipinski definition) is 4. The molecule has 0 radical (unpaired) electrons. The van der Waals surface area contributed by atoms with E-state index in [4.69, 9.17) is 0 Å². The predicted molar refractivity (Wildman–Crippen MR) is 128 cm³/mol. The van der Waals surface area contributed by atoms with Crippen LogP contribution in [0, 0.1) is 20.8 Å². The highest BCUT2D eigenvalue weighted by molar-refractivity contribution is 7.88. The molecule has 1 aliphatic carbocycles. The first-order valence-corrected chi connectivity index (χ1v) is 13.3. The molecule has 2 fully saturated rings. The van der Waals surface area contributed by atoms with E-state index in [-0.39, 0.29) is 11.5 Å². The Morgan fingerprint density at radius 3 is 2.22 bits per heavy atom. The fourth-order valence-corrected chi connectivity index (χ4v) is 6.74. The lowest BCUT2D eigenvalue weighted by Gasteiger charge is -2.33. The fraction of sp³-hybridized carbons (Fsp3) is 0.560. The van der Waals surface area contributed by atoms with Gasteiger partial charge in [-0.1, -0.05) is 42.7 Å². The van der Waals surface area contributed by atoms with Crippen molar-refractivity contribution < 1.29 is 13.2 Å². The molecular formula is C25H35N3O3S. The van der Waals surface area contributed by atoms with Crippen LogP contribution in [0.1, 0.15) is 64.6 Å². The molecule has 4 rings (SSSR count). The number of benzene rings is 1. The second-order valence-electron chi connectivity index (χ2n) is 9.43. The molecule has 32 heavy (non-hydrogen) atoms. The van der Waals surface area contributed by atoms with Crippen LogP contribution in [-0.4, -0.2) is 60.7 Å². The van der Waals surface area contributed by atoms with Crippen LogP contribution in [0.4, 0.5) is 0 Å². The Morgan fingerprint density at radius 2 is 1.59 bits per heavy atom. The van der Waals surface area contributed by atoms with Gasteiger partial charge in [0.05, 0.1) is 12.3 Å². The summed E-state index contributed by atoms with van der Waals surface area (Å²) in [6, 6.07) is 10.2. The fourth-order valence-electron chi connectivity index (χ4n) is 5.22. The van der Waals surface area contributed by atoms with Crippen LogP contribution in [-0.2, 0) is 15.8 Å². The lowest BCUT2D eigenvalue weighted by Crippen LogP contribution is -2.50. The molecule has 0 unspecified atom stereocenters. The summed E-state index contributed by atoms with van der Waals surface area (Å²) in [6.07, 6.45) is 4.93. The van der Waals surface area contributed by atoms with E-state index in [0.29, 0.717) is 38.8 Å². The van der Waals surface area contributed by atoms with Gasteiger partial charge < -0.3 is 4.57 Å². The number of hydrogen-bond donors (Lipinski definition) is 0. The summed E-state index contributed by atoms with van der Waals surface area (Å²) < 4.78 is 29.6. The van der Waals surface area contributed by atoms with Crippen molar-refractivity contribution in [1.29, 1.82) is 0 Å². The van der Waals surface area contributed by atoms with Crippen LogP contribution in [0.5, 0.6) is 0 Å². The number of Topliss-reactive ketones (excluding diaryl/α,β-unsaturated/α-hetero) is 1. The van der Waals surface area contributed by atoms with Crippen molar-refractivity contribution in [3.63, 3.8) is 0 Å². The van der Waals surface area contributed by atoms with Crippen molar-refractivity contribution in [2.75, 3.05) is 32.7 Å². The maximum atomic E-state index is 13.1. The molecule has 0 bridgehead atoms. The molecule has 174 valence electrons. The Bertz CT molecular complexity index is 1060. The molecule has 1 aromatic heterocycles. The second kappa shape index (κ2) is 9.49. The second-order valence-corrected chi connectivity index (χ2v) is 11.4. The molecule has 1 saturated carbocycles. The third-order valence-electron chi connectivity index (χ3n) is 7.04. The average molecular weight is 458 g/mol. The summed E-state index contributed by atoms with van der Waals surface area (Å²) in [5, 5.41) is 0. The number of rotatable bonds is 7. The van der Waals surface area contributed by atoms with Gasteiger partial charge in [-0.2, -0.15) is 4.31 Å². The molecule has 0 atom stereocenters. The van der Waals surface area contributed by atoms with Gasteiger partial charge in [-0.3, -0.25) is 9.69 Å². The molecule has 2 heterocycles. The number of ketones is 1. The minimum Gasteiger partial charge on any atom is -0.345 e. The van der Waals surface area contributed by atoms with Crippen LogP contribution in [0.25, 0.3) is 0 Å². The Labute approximate surface area is 192 Å². The zero-order chi connectivity index (χ0) is 22.9. The third kappa shape index (κ3) is 5.00. The van der Waals surface area contributed by atoms with Gasteiger partial charge in [-0.15, -0.1) is 0 Å². The number of aromatic nitrogens is 1. The number of sulfonamides is 1. The highest BCUT2D eigenvalue weighted by Crippen LogP contribution is 2.33. The average Bonchev–Trinajstić information content (AvgIpc) is 3.37. The molecule has 6 nitrogen and oxygen atoms in total. The largest absolute Gasteiger partial charge is 0.345 e. The first kappa shape index (κ1) is 23.2. The highest BCUT2D eigenvalue weighted by atomic mass is 32.2. The van der Waals surface area contributed by atoms with Crippen LogP contribution in [0.3, 0.4) is 0 Å². The minimum absolute atomic E-state index is 0.0271. The lowest BCUT2D eigenvalue weighted by atomic mass is 10.1. The van der Waals surface area contributed by atoms with Gasteiger partial charge in [-0.05, 0) is 45.2 Å². The zero-order valence-corrected chi connectivity index (χ0v) is 20.3. The van der Waals surface area contributed by atoms with E-state index in [1.165, 1.54) is 31.4 Å². The number of nitrogens with zero attached hydrogens (tertiary/aromatic N) is 3. The molecular weight excluding hydrogens is 422 g/mol. The number of carbonyl (C=O) groups excluding carboxylic acids is 1. The zero-order valence-electron chi connectivity index (χ0n) is 19.5. The maximum Gasteiger partial charge on any atom is 0.218 e. The maximum absolute atomic E-state index is 13.1. The molecule has 2 aromatic rings. The van der Waals surface area contributed by atoms with E-state index in [9.17, 15) is 13.2 Å². The molecule has 1 saturated heterocycles. The van der Waals surface area contributed by atoms with Crippen LogP contribution in [0.15, 0.2) is 30.3 Å². The third-order valence-corrected chi connectivity index (χ3v) is 8.89. The molecule has 0 amide bonds. The molecule has 2 aliphatic rings. The van der Waals surface area contributed by atoms with Crippen molar-refractivity contribution in [3.05, 3.63) is 58.4 Å². The molecule has 1 aliphatic heterocycles. The van der Waals surface area contributed by atoms with E-state index < -0.39 is 10.0 Å². The van der Waals surface area contributed by atoms with Crippen LogP contribution >= 0.6 is 0 Å². The summed E-state index contributed by atoms with van der Waals surface area (Å²) in [5.41, 5.74) is 5.01. The van der Waals surface area contributed by atoms with Crippen molar-refractivity contribution in [2.24, 2.45) is 0 Å². The summed E-state index contributed by atoms with van der Waals surface area (Å²) >= 11 is 0. The van der Waals surface area contributed by atoms with Gasteiger partial charge in [0.2, 0.25) is 10.0 Å². The number of piperazine rings is 1. The minimum atomic E-state index is -3.35. The number of carbonyl (C=O) groups is 1. The van der Waals surface area contributed by atoms with Crippen molar-refractivity contribution >= 4 is 15.8 Å². The van der Waals surface area contributed by atoms with Gasteiger partial charge in [0.25, 0.3) is 0 Å². The summed E-state index contributed by atoms with van der Waals surface area (Å²) in [5.74, 6) is 0.164. The molecule has 0 spiro atoms. The van der Waals surface area contributed by atoms with Crippen LogP contribution < -0.4 is 0 Å². The summed E-state index contributed by atoms with van der Waals surface area (Å²) in [7, 11) is -3.35. The SMILES string of the molecule is Cc1ccc(CS(=O)(=O)N2CCN(CC(=O)c3cc(C)n(C4CCCC4)c3C)CC2)cc1. The molecule has 0 N–H and O–H groups in total. The molecule has 7 heteroatoms. The summed E-state index contributed by atoms with van der Waals surface area (Å²) in [4.78, 5) is 15.2. The Hall–Kier alpha value is -1.96. The molecule has 1 aromatic carbocycles. The first-order chi connectivity index (χ1) is 15.2. The van der Waals surface area contributed by atoms with Gasteiger partial charge in [0, 0.05) is 49.2 Å². The Morgan fingerprint density at radius 1 is 0.969 bits per heavy atom. The predicted octanol–water partition coefficient (Wildman–Crippen LogP) is 3.86. The van der Waals surface area contributed by atoms with Gasteiger partial charge in [0.1, 0.15) is 0 Å². The topological polar surface area (TPSA) is 62.6 Å². The smallest absolute Gasteiger partial charge is 0.218 e. The van der Waals surface area contributed by atoms with E-state index in [1.807, 2.05) is 37.3 Å². The quantitative estimate of drug-likeness (QED) is 0.593. The van der Waals surface area contributed by atoms with Crippen molar-refractivity contribution in [3.8, 4) is 0 Å². The highest BCUT2D eigenvalue weighted by Gasteiger charge is 2.29. The van der Waals surface area contributed by atoms with E-state index in [1.54, 1.807) is 4.31 Å². The van der Waals surface area contributed by atoms with E-state index >= 15 is 0 Å². The van der Waals surface area contributed by atoms with Gasteiger partial charge >= 0.3 is 0 Å². The normalized spacial score (nSPS) is 19.0. The standard InChI is InChI=1S/C25H35N3O3S/c1-19-8-10-22(11-9-19)18-32(30,31)27-14-12-26(13-15-27)17-25(29)24-16-20(2)28(21(24)3)23-6-4-5-7-23/h8-11,16,23H,4-7,12-15,17-18H2,1-3H3. The van der Waals surface area contributed by atoms with E-state index in [2.05, 4.69) is 23.3 Å². The number of aryl methyl sites for hydroxylation is 2.